The van der Waals surface area contributed by atoms with Crippen molar-refractivity contribution in [1.29, 1.82) is 0 Å². The van der Waals surface area contributed by atoms with Crippen molar-refractivity contribution in [2.24, 2.45) is 5.92 Å². The highest BCUT2D eigenvalue weighted by Crippen LogP contribution is 2.49. The molecular weight excluding hydrogens is 134 g/mol. The molecule has 1 saturated heterocycles. The Morgan fingerprint density at radius 2 is 2.18 bits per heavy atom. The topological polar surface area (TPSA) is 3.24 Å². The minimum Gasteiger partial charge on any atom is -0.298 e. The van der Waals surface area contributed by atoms with E-state index < -0.39 is 0 Å². The largest absolute Gasteiger partial charge is 0.298 e. The SMILES string of the molecule is CCN1CC[C@@H](C)CC12CC2. The summed E-state index contributed by atoms with van der Waals surface area (Å²) in [5.41, 5.74) is 0.701. The average molecular weight is 153 g/mol. The third-order valence-corrected chi connectivity index (χ3v) is 3.50. The Morgan fingerprint density at radius 3 is 2.73 bits per heavy atom. The van der Waals surface area contributed by atoms with Gasteiger partial charge in [0.2, 0.25) is 0 Å². The predicted molar refractivity (Wildman–Crippen MR) is 47.6 cm³/mol. The first kappa shape index (κ1) is 7.60. The van der Waals surface area contributed by atoms with Gasteiger partial charge in [-0.15, -0.1) is 0 Å². The molecule has 0 unspecified atom stereocenters. The Balaban J connectivity index is 2.02. The first-order valence-electron chi connectivity index (χ1n) is 5.02. The maximum Gasteiger partial charge on any atom is 0.0213 e. The summed E-state index contributed by atoms with van der Waals surface area (Å²) in [4.78, 5) is 2.70. The summed E-state index contributed by atoms with van der Waals surface area (Å²) in [5, 5.41) is 0. The molecule has 1 aliphatic carbocycles. The molecule has 0 aromatic rings. The van der Waals surface area contributed by atoms with Crippen molar-refractivity contribution in [2.45, 2.75) is 45.1 Å². The highest BCUT2D eigenvalue weighted by molar-refractivity contribution is 5.06. The summed E-state index contributed by atoms with van der Waals surface area (Å²) in [7, 11) is 0. The molecule has 0 N–H and O–H groups in total. The van der Waals surface area contributed by atoms with E-state index in [-0.39, 0.29) is 0 Å². The molecule has 1 spiro atoms. The molecule has 11 heavy (non-hydrogen) atoms. The van der Waals surface area contributed by atoms with E-state index in [1.165, 1.54) is 38.8 Å². The number of piperidine rings is 1. The van der Waals surface area contributed by atoms with E-state index in [1.54, 1.807) is 0 Å². The standard InChI is InChI=1S/C10H19N/c1-3-11-7-4-9(2)8-10(11)5-6-10/h9H,3-8H2,1-2H3/t9-/m1/s1. The van der Waals surface area contributed by atoms with Crippen LogP contribution in [0, 0.1) is 5.92 Å². The third-order valence-electron chi connectivity index (χ3n) is 3.50. The van der Waals surface area contributed by atoms with E-state index in [2.05, 4.69) is 18.7 Å². The molecular formula is C10H19N. The Morgan fingerprint density at radius 1 is 1.45 bits per heavy atom. The summed E-state index contributed by atoms with van der Waals surface area (Å²) in [6.07, 6.45) is 5.85. The lowest BCUT2D eigenvalue weighted by molar-refractivity contribution is 0.106. The Kier molecular flexibility index (Phi) is 1.71. The molecule has 2 rings (SSSR count). The summed E-state index contributed by atoms with van der Waals surface area (Å²) in [5.74, 6) is 0.986. The normalized spacial score (nSPS) is 36.0. The van der Waals surface area contributed by atoms with Gasteiger partial charge in [0, 0.05) is 5.54 Å². The van der Waals surface area contributed by atoms with Crippen LogP contribution in [0.5, 0.6) is 0 Å². The third kappa shape index (κ3) is 1.20. The summed E-state index contributed by atoms with van der Waals surface area (Å²) >= 11 is 0. The minimum absolute atomic E-state index is 0.701. The van der Waals surface area contributed by atoms with Gasteiger partial charge >= 0.3 is 0 Å². The molecule has 0 radical (unpaired) electrons. The smallest absolute Gasteiger partial charge is 0.0213 e. The van der Waals surface area contributed by atoms with Crippen LogP contribution in [0.15, 0.2) is 0 Å². The second-order valence-corrected chi connectivity index (χ2v) is 4.40. The zero-order chi connectivity index (χ0) is 7.90. The molecule has 2 fully saturated rings. The second kappa shape index (κ2) is 2.48. The van der Waals surface area contributed by atoms with Crippen molar-refractivity contribution in [2.75, 3.05) is 13.1 Å². The van der Waals surface area contributed by atoms with Gasteiger partial charge in [0.25, 0.3) is 0 Å². The molecule has 1 nitrogen and oxygen atoms in total. The molecule has 1 heteroatoms. The van der Waals surface area contributed by atoms with Gasteiger partial charge in [-0.25, -0.2) is 0 Å². The molecule has 0 aromatic heterocycles. The van der Waals surface area contributed by atoms with Gasteiger partial charge in [0.1, 0.15) is 0 Å². The lowest BCUT2D eigenvalue weighted by Gasteiger charge is -2.38. The van der Waals surface area contributed by atoms with Crippen LogP contribution in [0.4, 0.5) is 0 Å². The van der Waals surface area contributed by atoms with Gasteiger partial charge in [0.15, 0.2) is 0 Å². The van der Waals surface area contributed by atoms with Crippen molar-refractivity contribution >= 4 is 0 Å². The van der Waals surface area contributed by atoms with E-state index in [4.69, 9.17) is 0 Å². The molecule has 0 bridgehead atoms. The maximum absolute atomic E-state index is 2.70. The Bertz CT molecular complexity index is 149. The van der Waals surface area contributed by atoms with E-state index in [0.717, 1.165) is 5.92 Å². The van der Waals surface area contributed by atoms with Crippen LogP contribution in [0.25, 0.3) is 0 Å². The molecule has 0 amide bonds. The van der Waals surface area contributed by atoms with Gasteiger partial charge in [-0.05, 0) is 44.7 Å². The maximum atomic E-state index is 2.70. The van der Waals surface area contributed by atoms with Crippen LogP contribution in [0.2, 0.25) is 0 Å². The lowest BCUT2D eigenvalue weighted by atomic mass is 9.91. The molecule has 0 aromatic carbocycles. The van der Waals surface area contributed by atoms with E-state index in [9.17, 15) is 0 Å². The Labute approximate surface area is 69.8 Å². The quantitative estimate of drug-likeness (QED) is 0.558. The lowest BCUT2D eigenvalue weighted by Crippen LogP contribution is -2.43. The minimum atomic E-state index is 0.701. The van der Waals surface area contributed by atoms with Crippen molar-refractivity contribution in [3.05, 3.63) is 0 Å². The van der Waals surface area contributed by atoms with Crippen LogP contribution in [-0.4, -0.2) is 23.5 Å². The Hall–Kier alpha value is -0.0400. The van der Waals surface area contributed by atoms with E-state index >= 15 is 0 Å². The zero-order valence-electron chi connectivity index (χ0n) is 7.77. The highest BCUT2D eigenvalue weighted by Gasteiger charge is 2.49. The number of rotatable bonds is 1. The molecule has 2 aliphatic rings. The second-order valence-electron chi connectivity index (χ2n) is 4.40. The van der Waals surface area contributed by atoms with Crippen molar-refractivity contribution in [3.63, 3.8) is 0 Å². The van der Waals surface area contributed by atoms with E-state index in [1.807, 2.05) is 0 Å². The highest BCUT2D eigenvalue weighted by atomic mass is 15.2. The summed E-state index contributed by atoms with van der Waals surface area (Å²) in [6.45, 7) is 7.34. The zero-order valence-corrected chi connectivity index (χ0v) is 7.77. The average Bonchev–Trinajstić information content (AvgIpc) is 2.70. The molecule has 64 valence electrons. The van der Waals surface area contributed by atoms with Gasteiger partial charge in [0.05, 0.1) is 0 Å². The van der Waals surface area contributed by atoms with Crippen molar-refractivity contribution in [1.82, 2.24) is 4.90 Å². The monoisotopic (exact) mass is 153 g/mol. The summed E-state index contributed by atoms with van der Waals surface area (Å²) in [6, 6.07) is 0. The fourth-order valence-corrected chi connectivity index (χ4v) is 2.65. The van der Waals surface area contributed by atoms with Gasteiger partial charge in [-0.3, -0.25) is 4.90 Å². The number of hydrogen-bond acceptors (Lipinski definition) is 1. The number of nitrogens with zero attached hydrogens (tertiary/aromatic N) is 1. The molecule has 1 aliphatic heterocycles. The first-order valence-corrected chi connectivity index (χ1v) is 5.02. The molecule has 1 saturated carbocycles. The van der Waals surface area contributed by atoms with Gasteiger partial charge in [-0.1, -0.05) is 13.8 Å². The molecule has 1 heterocycles. The van der Waals surface area contributed by atoms with Crippen LogP contribution < -0.4 is 0 Å². The summed E-state index contributed by atoms with van der Waals surface area (Å²) < 4.78 is 0. The van der Waals surface area contributed by atoms with Crippen molar-refractivity contribution < 1.29 is 0 Å². The van der Waals surface area contributed by atoms with Gasteiger partial charge in [-0.2, -0.15) is 0 Å². The molecule has 1 atom stereocenters. The van der Waals surface area contributed by atoms with Crippen LogP contribution in [0.1, 0.15) is 39.5 Å². The number of likely N-dealkylation sites (tertiary alicyclic amines) is 1. The van der Waals surface area contributed by atoms with Crippen LogP contribution in [0.3, 0.4) is 0 Å². The van der Waals surface area contributed by atoms with E-state index in [0.29, 0.717) is 5.54 Å². The predicted octanol–water partition coefficient (Wildman–Crippen LogP) is 2.27. The van der Waals surface area contributed by atoms with Gasteiger partial charge < -0.3 is 0 Å². The fraction of sp³-hybridized carbons (Fsp3) is 1.00. The van der Waals surface area contributed by atoms with Crippen LogP contribution in [-0.2, 0) is 0 Å². The van der Waals surface area contributed by atoms with Crippen molar-refractivity contribution in [3.8, 4) is 0 Å². The fourth-order valence-electron chi connectivity index (χ4n) is 2.65. The number of hydrogen-bond donors (Lipinski definition) is 0. The first-order chi connectivity index (χ1) is 5.27. The van der Waals surface area contributed by atoms with Crippen LogP contribution >= 0.6 is 0 Å².